The smallest absolute Gasteiger partial charge is 0.119 e. The summed E-state index contributed by atoms with van der Waals surface area (Å²) in [6.45, 7) is 6.98. The Hall–Kier alpha value is -1.84. The average Bonchev–Trinajstić information content (AvgIpc) is 3.22. The molecule has 2 aromatic carbocycles. The predicted octanol–water partition coefficient (Wildman–Crippen LogP) is 7.16. The Morgan fingerprint density at radius 3 is 2.48 bits per heavy atom. The Kier molecular flexibility index (Phi) is 8.64. The second kappa shape index (κ2) is 11.1. The van der Waals surface area contributed by atoms with Crippen molar-refractivity contribution in [1.82, 2.24) is 0 Å². The van der Waals surface area contributed by atoms with Crippen molar-refractivity contribution >= 4 is 0 Å². The van der Waals surface area contributed by atoms with Crippen LogP contribution in [0.15, 0.2) is 48.5 Å². The lowest BCUT2D eigenvalue weighted by Crippen LogP contribution is -2.51. The van der Waals surface area contributed by atoms with Gasteiger partial charge < -0.3 is 14.6 Å². The van der Waals surface area contributed by atoms with Gasteiger partial charge in [0.15, 0.2) is 0 Å². The van der Waals surface area contributed by atoms with E-state index < -0.39 is 0 Å². The normalized spacial score (nSPS) is 31.7. The van der Waals surface area contributed by atoms with Gasteiger partial charge in [-0.05, 0) is 79.2 Å². The van der Waals surface area contributed by atoms with Crippen molar-refractivity contribution in [2.24, 2.45) is 17.3 Å². The minimum absolute atomic E-state index is 0. The fourth-order valence-corrected chi connectivity index (χ4v) is 7.17. The molecule has 0 radical (unpaired) electrons. The maximum Gasteiger partial charge on any atom is 0.119 e. The molecule has 5 rings (SSSR count). The van der Waals surface area contributed by atoms with Crippen molar-refractivity contribution in [3.63, 3.8) is 0 Å². The van der Waals surface area contributed by atoms with Crippen LogP contribution in [0.2, 0.25) is 0 Å². The number of aliphatic hydroxyl groups is 1. The molecule has 0 bridgehead atoms. The second-order valence-electron chi connectivity index (χ2n) is 9.62. The lowest BCUT2D eigenvalue weighted by molar-refractivity contribution is -0.118. The third-order valence-electron chi connectivity index (χ3n) is 8.51. The number of hydrogen-bond donors (Lipinski definition) is 1. The first-order valence-corrected chi connectivity index (χ1v) is 12.7. The number of methoxy groups -OCH3 is 1. The van der Waals surface area contributed by atoms with Crippen LogP contribution in [-0.2, 0) is 17.8 Å². The van der Waals surface area contributed by atoms with Gasteiger partial charge in [0.25, 0.3) is 0 Å². The first-order valence-electron chi connectivity index (χ1n) is 12.7. The monoisotopic (exact) mass is 452 g/mol. The van der Waals surface area contributed by atoms with E-state index in [-0.39, 0.29) is 31.0 Å². The van der Waals surface area contributed by atoms with Gasteiger partial charge in [0.05, 0.1) is 25.9 Å². The van der Waals surface area contributed by atoms with E-state index in [2.05, 4.69) is 55.5 Å². The summed E-state index contributed by atoms with van der Waals surface area (Å²) in [7, 11) is 1.73. The number of rotatable bonds is 5. The van der Waals surface area contributed by atoms with E-state index in [1.807, 2.05) is 13.8 Å². The van der Waals surface area contributed by atoms with Gasteiger partial charge in [-0.3, -0.25) is 0 Å². The Balaban J connectivity index is 0.000000994. The van der Waals surface area contributed by atoms with E-state index in [0.29, 0.717) is 18.4 Å². The summed E-state index contributed by atoms with van der Waals surface area (Å²) in [4.78, 5) is 0. The highest BCUT2D eigenvalue weighted by molar-refractivity contribution is 5.41. The van der Waals surface area contributed by atoms with Crippen molar-refractivity contribution in [2.75, 3.05) is 7.11 Å². The highest BCUT2D eigenvalue weighted by Crippen LogP contribution is 2.63. The van der Waals surface area contributed by atoms with Gasteiger partial charge in [-0.25, -0.2) is 0 Å². The molecule has 2 fully saturated rings. The molecule has 3 nitrogen and oxygen atoms in total. The lowest BCUT2D eigenvalue weighted by Gasteiger charge is -2.54. The summed E-state index contributed by atoms with van der Waals surface area (Å²) >= 11 is 0. The third kappa shape index (κ3) is 4.59. The van der Waals surface area contributed by atoms with Gasteiger partial charge in [-0.2, -0.15) is 0 Å². The predicted molar refractivity (Wildman–Crippen MR) is 137 cm³/mol. The molecule has 0 saturated heterocycles. The molecule has 0 aromatic heterocycles. The van der Waals surface area contributed by atoms with Crippen LogP contribution in [-0.4, -0.2) is 24.4 Å². The maximum atomic E-state index is 11.4. The number of ether oxygens (including phenoxy) is 2. The van der Waals surface area contributed by atoms with Crippen molar-refractivity contribution in [3.8, 4) is 5.75 Å². The molecule has 2 saturated carbocycles. The fourth-order valence-electron chi connectivity index (χ4n) is 7.17. The molecule has 2 aromatic rings. The molecule has 6 atom stereocenters. The number of aryl methyl sites for hydroxylation is 1. The molecule has 3 aliphatic carbocycles. The molecular formula is C30H44O3. The van der Waals surface area contributed by atoms with E-state index >= 15 is 0 Å². The number of fused-ring (bicyclic) bond motifs is 5. The highest BCUT2D eigenvalue weighted by atomic mass is 16.5. The first-order chi connectivity index (χ1) is 15.7. The topological polar surface area (TPSA) is 38.7 Å². The maximum absolute atomic E-state index is 11.4. The zero-order valence-electron chi connectivity index (χ0n) is 20.2. The molecule has 3 heteroatoms. The van der Waals surface area contributed by atoms with Crippen LogP contribution < -0.4 is 4.74 Å². The Labute approximate surface area is 201 Å². The van der Waals surface area contributed by atoms with Crippen LogP contribution >= 0.6 is 0 Å². The van der Waals surface area contributed by atoms with Crippen LogP contribution in [0, 0.1) is 17.3 Å². The Bertz CT molecular complexity index is 879. The summed E-state index contributed by atoms with van der Waals surface area (Å²) in [5.41, 5.74) is 4.08. The van der Waals surface area contributed by atoms with Crippen LogP contribution in [0.5, 0.6) is 5.75 Å². The molecule has 0 aliphatic heterocycles. The molecule has 0 heterocycles. The van der Waals surface area contributed by atoms with Gasteiger partial charge in [-0.15, -0.1) is 0 Å². The molecule has 3 aliphatic rings. The van der Waals surface area contributed by atoms with E-state index in [0.717, 1.165) is 31.4 Å². The molecule has 6 unspecified atom stereocenters. The second-order valence-corrected chi connectivity index (χ2v) is 9.62. The number of aliphatic hydroxyl groups excluding tert-OH is 1. The summed E-state index contributed by atoms with van der Waals surface area (Å²) in [5, 5.41) is 11.4. The van der Waals surface area contributed by atoms with Crippen LogP contribution in [0.3, 0.4) is 0 Å². The quantitative estimate of drug-likeness (QED) is 0.523. The van der Waals surface area contributed by atoms with Gasteiger partial charge in [0, 0.05) is 11.3 Å². The molecule has 0 amide bonds. The summed E-state index contributed by atoms with van der Waals surface area (Å²) < 4.78 is 12.0. The standard InChI is InChI=1S/C27H34O3.C2H6.CH4/c1-3-27-16-24(28)26-21-12-10-20(29-2)15-19(21)9-11-22(26)23(27)13-14-25(27)30-17-18-7-5-4-6-8-18;1-2;/h4-8,10,12,15,22-26,28H,3,9,11,13-14,16-17H2,1-2H3;1-2H3;1H4. The lowest BCUT2D eigenvalue weighted by atomic mass is 9.53. The van der Waals surface area contributed by atoms with E-state index in [1.54, 1.807) is 7.11 Å². The van der Waals surface area contributed by atoms with Gasteiger partial charge in [0.2, 0.25) is 0 Å². The molecule has 0 spiro atoms. The van der Waals surface area contributed by atoms with Gasteiger partial charge >= 0.3 is 0 Å². The first kappa shape index (κ1) is 25.8. The largest absolute Gasteiger partial charge is 0.497 e. The zero-order chi connectivity index (χ0) is 22.7. The average molecular weight is 453 g/mol. The molecule has 1 N–H and O–H groups in total. The van der Waals surface area contributed by atoms with E-state index in [9.17, 15) is 5.11 Å². The SMILES string of the molecule is C.CC.CCC12CC(O)C3c4ccc(OC)cc4CCC3C1CCC2OCc1ccccc1. The minimum Gasteiger partial charge on any atom is -0.497 e. The number of hydrogen-bond acceptors (Lipinski definition) is 3. The number of benzene rings is 2. The zero-order valence-corrected chi connectivity index (χ0v) is 20.2. The fraction of sp³-hybridized carbons (Fsp3) is 0.600. The summed E-state index contributed by atoms with van der Waals surface area (Å²) in [5.74, 6) is 2.39. The van der Waals surface area contributed by atoms with E-state index in [1.165, 1.54) is 29.5 Å². The van der Waals surface area contributed by atoms with Crippen molar-refractivity contribution in [1.29, 1.82) is 0 Å². The van der Waals surface area contributed by atoms with Gasteiger partial charge in [-0.1, -0.05) is 64.6 Å². The molecule has 182 valence electrons. The third-order valence-corrected chi connectivity index (χ3v) is 8.51. The van der Waals surface area contributed by atoms with Crippen LogP contribution in [0.1, 0.15) is 82.9 Å². The van der Waals surface area contributed by atoms with Gasteiger partial charge in [0.1, 0.15) is 5.75 Å². The van der Waals surface area contributed by atoms with Crippen molar-refractivity contribution < 1.29 is 14.6 Å². The van der Waals surface area contributed by atoms with Crippen molar-refractivity contribution in [3.05, 3.63) is 65.2 Å². The summed E-state index contributed by atoms with van der Waals surface area (Å²) in [6, 6.07) is 17.0. The van der Waals surface area contributed by atoms with Crippen LogP contribution in [0.25, 0.3) is 0 Å². The highest BCUT2D eigenvalue weighted by Gasteiger charge is 2.59. The minimum atomic E-state index is -0.292. The van der Waals surface area contributed by atoms with Crippen LogP contribution in [0.4, 0.5) is 0 Å². The molecule has 33 heavy (non-hydrogen) atoms. The summed E-state index contributed by atoms with van der Waals surface area (Å²) in [6.07, 6.45) is 6.52. The Morgan fingerprint density at radius 2 is 1.79 bits per heavy atom. The molecular weight excluding hydrogens is 408 g/mol. The Morgan fingerprint density at radius 1 is 1.03 bits per heavy atom. The van der Waals surface area contributed by atoms with Crippen molar-refractivity contribution in [2.45, 2.75) is 91.5 Å². The van der Waals surface area contributed by atoms with E-state index in [4.69, 9.17) is 9.47 Å².